The van der Waals surface area contributed by atoms with E-state index in [1.807, 2.05) is 0 Å². The number of benzene rings is 2. The zero-order chi connectivity index (χ0) is 15.2. The van der Waals surface area contributed by atoms with E-state index in [0.717, 1.165) is 5.56 Å². The third-order valence-corrected chi connectivity index (χ3v) is 4.33. The van der Waals surface area contributed by atoms with Gasteiger partial charge in [-0.2, -0.15) is 0 Å². The molecule has 0 spiro atoms. The molecule has 1 amide bonds. The van der Waals surface area contributed by atoms with Crippen LogP contribution in [0.25, 0.3) is 0 Å². The lowest BCUT2D eigenvalue weighted by atomic mass is 10.2. The van der Waals surface area contributed by atoms with Gasteiger partial charge in [-0.1, -0.05) is 28.1 Å². The highest BCUT2D eigenvalue weighted by atomic mass is 79.9. The Morgan fingerprint density at radius 1 is 1.14 bits per heavy atom. The summed E-state index contributed by atoms with van der Waals surface area (Å²) in [5.41, 5.74) is 1.35. The summed E-state index contributed by atoms with van der Waals surface area (Å²) in [6.45, 7) is 0. The highest BCUT2D eigenvalue weighted by Crippen LogP contribution is 2.22. The maximum atomic E-state index is 13.0. The largest absolute Gasteiger partial charge is 0.325 e. The Bertz CT molecular complexity index is 651. The molecule has 0 heterocycles. The van der Waals surface area contributed by atoms with Crippen molar-refractivity contribution in [2.24, 2.45) is 0 Å². The molecular weight excluding hydrogens is 360 g/mol. The molecule has 2 rings (SSSR count). The second-order valence-corrected chi connectivity index (χ2v) is 6.13. The van der Waals surface area contributed by atoms with Gasteiger partial charge in [-0.15, -0.1) is 11.8 Å². The van der Waals surface area contributed by atoms with Crippen molar-refractivity contribution in [1.82, 2.24) is 0 Å². The minimum atomic E-state index is -0.393. The molecule has 0 unspecified atom stereocenters. The van der Waals surface area contributed by atoms with E-state index in [4.69, 9.17) is 0 Å². The first kappa shape index (κ1) is 16.0. The zero-order valence-corrected chi connectivity index (χ0v) is 13.3. The van der Waals surface area contributed by atoms with Crippen LogP contribution in [0, 0.1) is 11.6 Å². The number of amides is 1. The van der Waals surface area contributed by atoms with Gasteiger partial charge in [0.25, 0.3) is 0 Å². The van der Waals surface area contributed by atoms with Gasteiger partial charge in [-0.25, -0.2) is 8.78 Å². The van der Waals surface area contributed by atoms with Crippen molar-refractivity contribution in [2.75, 3.05) is 11.1 Å². The Balaban J connectivity index is 1.81. The van der Waals surface area contributed by atoms with Gasteiger partial charge in [0.05, 0.1) is 5.75 Å². The van der Waals surface area contributed by atoms with Crippen LogP contribution in [-0.2, 0) is 10.5 Å². The monoisotopic (exact) mass is 371 g/mol. The van der Waals surface area contributed by atoms with Crippen LogP contribution in [0.3, 0.4) is 0 Å². The van der Waals surface area contributed by atoms with Gasteiger partial charge >= 0.3 is 0 Å². The molecule has 0 fully saturated rings. The fraction of sp³-hybridized carbons (Fsp3) is 0.133. The molecule has 0 aliphatic rings. The van der Waals surface area contributed by atoms with Crippen LogP contribution in [0.2, 0.25) is 0 Å². The van der Waals surface area contributed by atoms with Crippen LogP contribution in [0.4, 0.5) is 14.5 Å². The fourth-order valence-electron chi connectivity index (χ4n) is 1.66. The minimum absolute atomic E-state index is 0.205. The van der Waals surface area contributed by atoms with Crippen molar-refractivity contribution in [1.29, 1.82) is 0 Å². The molecule has 0 atom stereocenters. The number of hydrogen-bond donors (Lipinski definition) is 1. The quantitative estimate of drug-likeness (QED) is 0.831. The van der Waals surface area contributed by atoms with Crippen LogP contribution in [0.15, 0.2) is 46.9 Å². The maximum absolute atomic E-state index is 13.0. The zero-order valence-electron chi connectivity index (χ0n) is 10.9. The predicted molar refractivity (Wildman–Crippen MR) is 85.3 cm³/mol. The van der Waals surface area contributed by atoms with Crippen molar-refractivity contribution >= 4 is 39.3 Å². The third-order valence-electron chi connectivity index (χ3n) is 2.61. The maximum Gasteiger partial charge on any atom is 0.234 e. The standard InChI is InChI=1S/C15H12BrF2NOS/c16-14-7-12(18)5-4-10(14)8-21-9-15(20)19-13-3-1-2-11(17)6-13/h1-7H,8-9H2,(H,19,20). The van der Waals surface area contributed by atoms with Gasteiger partial charge < -0.3 is 5.32 Å². The molecule has 2 aromatic rings. The molecule has 0 radical (unpaired) electrons. The number of hydrogen-bond acceptors (Lipinski definition) is 2. The minimum Gasteiger partial charge on any atom is -0.325 e. The lowest BCUT2D eigenvalue weighted by Crippen LogP contribution is -2.14. The van der Waals surface area contributed by atoms with E-state index in [9.17, 15) is 13.6 Å². The lowest BCUT2D eigenvalue weighted by Gasteiger charge is -2.06. The summed E-state index contributed by atoms with van der Waals surface area (Å²) in [5.74, 6) is -0.0865. The molecule has 2 aromatic carbocycles. The Morgan fingerprint density at radius 3 is 2.62 bits per heavy atom. The number of nitrogens with one attached hydrogen (secondary N) is 1. The van der Waals surface area contributed by atoms with E-state index >= 15 is 0 Å². The third kappa shape index (κ3) is 5.13. The van der Waals surface area contributed by atoms with Crippen LogP contribution in [0.5, 0.6) is 0 Å². The molecule has 110 valence electrons. The van der Waals surface area contributed by atoms with E-state index in [-0.39, 0.29) is 17.5 Å². The first-order valence-electron chi connectivity index (χ1n) is 6.11. The van der Waals surface area contributed by atoms with E-state index in [0.29, 0.717) is 15.9 Å². The van der Waals surface area contributed by atoms with Gasteiger partial charge in [-0.3, -0.25) is 4.79 Å². The number of anilines is 1. The topological polar surface area (TPSA) is 29.1 Å². The van der Waals surface area contributed by atoms with Gasteiger partial charge in [0, 0.05) is 15.9 Å². The number of carbonyl (C=O) groups is 1. The molecular formula is C15H12BrF2NOS. The molecule has 2 nitrogen and oxygen atoms in total. The van der Waals surface area contributed by atoms with Crippen molar-refractivity contribution in [3.63, 3.8) is 0 Å². The van der Waals surface area contributed by atoms with Gasteiger partial charge in [0.1, 0.15) is 11.6 Å². The molecule has 0 aliphatic carbocycles. The van der Waals surface area contributed by atoms with Crippen LogP contribution >= 0.6 is 27.7 Å². The van der Waals surface area contributed by atoms with E-state index in [1.54, 1.807) is 12.1 Å². The molecule has 21 heavy (non-hydrogen) atoms. The van der Waals surface area contributed by atoms with Crippen LogP contribution in [0.1, 0.15) is 5.56 Å². The molecule has 0 saturated heterocycles. The summed E-state index contributed by atoms with van der Waals surface area (Å²) in [4.78, 5) is 11.7. The van der Waals surface area contributed by atoms with Crippen LogP contribution in [-0.4, -0.2) is 11.7 Å². The summed E-state index contributed by atoms with van der Waals surface area (Å²) < 4.78 is 26.6. The average molecular weight is 372 g/mol. The molecule has 6 heteroatoms. The molecule has 0 bridgehead atoms. The van der Waals surface area contributed by atoms with Crippen molar-refractivity contribution in [2.45, 2.75) is 5.75 Å². The average Bonchev–Trinajstić information content (AvgIpc) is 2.41. The van der Waals surface area contributed by atoms with E-state index in [2.05, 4.69) is 21.2 Å². The smallest absolute Gasteiger partial charge is 0.234 e. The van der Waals surface area contributed by atoms with Crippen molar-refractivity contribution in [3.8, 4) is 0 Å². The van der Waals surface area contributed by atoms with Crippen molar-refractivity contribution in [3.05, 3.63) is 64.1 Å². The normalized spacial score (nSPS) is 10.4. The Morgan fingerprint density at radius 2 is 1.90 bits per heavy atom. The Kier molecular flexibility index (Phi) is 5.76. The van der Waals surface area contributed by atoms with Gasteiger partial charge in [-0.05, 0) is 35.9 Å². The Labute approximate surface area is 134 Å². The second-order valence-electron chi connectivity index (χ2n) is 4.29. The summed E-state index contributed by atoms with van der Waals surface area (Å²) in [5, 5.41) is 2.62. The number of rotatable bonds is 5. The Hall–Kier alpha value is -1.40. The molecule has 0 aromatic heterocycles. The summed E-state index contributed by atoms with van der Waals surface area (Å²) in [6, 6.07) is 10.2. The van der Waals surface area contributed by atoms with Crippen molar-refractivity contribution < 1.29 is 13.6 Å². The summed E-state index contributed by atoms with van der Waals surface area (Å²) >= 11 is 4.68. The first-order chi connectivity index (χ1) is 10.0. The second kappa shape index (κ2) is 7.56. The fourth-order valence-corrected chi connectivity index (χ4v) is 3.16. The van der Waals surface area contributed by atoms with E-state index in [1.165, 1.54) is 42.1 Å². The molecule has 1 N–H and O–H groups in total. The SMILES string of the molecule is O=C(CSCc1ccc(F)cc1Br)Nc1cccc(F)c1. The highest BCUT2D eigenvalue weighted by Gasteiger charge is 2.06. The summed E-state index contributed by atoms with van der Waals surface area (Å²) in [7, 11) is 0. The van der Waals surface area contributed by atoms with Gasteiger partial charge in [0.2, 0.25) is 5.91 Å². The number of halogens is 3. The molecule has 0 aliphatic heterocycles. The predicted octanol–water partition coefficient (Wildman–Crippen LogP) is 4.60. The summed E-state index contributed by atoms with van der Waals surface area (Å²) in [6.07, 6.45) is 0. The van der Waals surface area contributed by atoms with E-state index < -0.39 is 5.82 Å². The number of thioether (sulfide) groups is 1. The molecule has 0 saturated carbocycles. The number of carbonyl (C=O) groups excluding carboxylic acids is 1. The lowest BCUT2D eigenvalue weighted by molar-refractivity contribution is -0.113. The highest BCUT2D eigenvalue weighted by molar-refractivity contribution is 9.10. The van der Waals surface area contributed by atoms with Crippen LogP contribution < -0.4 is 5.32 Å². The van der Waals surface area contributed by atoms with Gasteiger partial charge in [0.15, 0.2) is 0 Å². The first-order valence-corrected chi connectivity index (χ1v) is 8.06.